The second-order valence-electron chi connectivity index (χ2n) is 7.69. The van der Waals surface area contributed by atoms with Crippen LogP contribution in [-0.4, -0.2) is 30.1 Å². The van der Waals surface area contributed by atoms with Gasteiger partial charge in [0.1, 0.15) is 12.1 Å². The third-order valence-corrected chi connectivity index (χ3v) is 2.88. The highest BCUT2D eigenvalue weighted by Crippen LogP contribution is 2.20. The zero-order chi connectivity index (χ0) is 19.3. The fourth-order valence-corrected chi connectivity index (χ4v) is 1.67. The van der Waals surface area contributed by atoms with Crippen molar-refractivity contribution in [1.29, 1.82) is 0 Å². The smallest absolute Gasteiger partial charge is 0.408 e. The molecular weight excluding hydrogens is 322 g/mol. The average Bonchev–Trinajstić information content (AvgIpc) is 2.42. The van der Waals surface area contributed by atoms with Crippen LogP contribution in [0, 0.1) is 5.41 Å². The van der Waals surface area contributed by atoms with E-state index in [2.05, 4.69) is 16.0 Å². The van der Waals surface area contributed by atoms with Gasteiger partial charge in [0.2, 0.25) is 11.8 Å². The highest BCUT2D eigenvalue weighted by Gasteiger charge is 2.21. The largest absolute Gasteiger partial charge is 0.444 e. The lowest BCUT2D eigenvalue weighted by molar-refractivity contribution is -0.123. The average molecular weight is 349 g/mol. The highest BCUT2D eigenvalue weighted by atomic mass is 16.6. The second-order valence-corrected chi connectivity index (χ2v) is 7.69. The second kappa shape index (κ2) is 8.00. The van der Waals surface area contributed by atoms with Gasteiger partial charge in [0.25, 0.3) is 0 Å². The van der Waals surface area contributed by atoms with E-state index in [9.17, 15) is 14.4 Å². The van der Waals surface area contributed by atoms with Crippen LogP contribution >= 0.6 is 0 Å². The molecule has 7 nitrogen and oxygen atoms in total. The molecule has 0 aliphatic carbocycles. The predicted octanol–water partition coefficient (Wildman–Crippen LogP) is 3.13. The quantitative estimate of drug-likeness (QED) is 0.778. The first-order chi connectivity index (χ1) is 11.4. The molecule has 0 aliphatic rings. The van der Waals surface area contributed by atoms with Gasteiger partial charge in [0.15, 0.2) is 0 Å². The summed E-state index contributed by atoms with van der Waals surface area (Å²) in [6, 6.07) is 6.79. The predicted molar refractivity (Wildman–Crippen MR) is 97.4 cm³/mol. The van der Waals surface area contributed by atoms with Gasteiger partial charge in [-0.3, -0.25) is 9.59 Å². The minimum Gasteiger partial charge on any atom is -0.444 e. The van der Waals surface area contributed by atoms with E-state index in [0.717, 1.165) is 0 Å². The number of rotatable bonds is 4. The number of nitrogens with one attached hydrogen (secondary N) is 3. The molecule has 138 valence electrons. The number of alkyl carbamates (subject to hydrolysis) is 1. The number of hydrogen-bond donors (Lipinski definition) is 3. The molecule has 3 N–H and O–H groups in total. The molecule has 0 spiro atoms. The molecule has 0 atom stereocenters. The van der Waals surface area contributed by atoms with Crippen molar-refractivity contribution in [3.63, 3.8) is 0 Å². The monoisotopic (exact) mass is 349 g/mol. The van der Waals surface area contributed by atoms with Crippen LogP contribution in [0.15, 0.2) is 24.3 Å². The summed E-state index contributed by atoms with van der Waals surface area (Å²) >= 11 is 0. The molecule has 3 amide bonds. The molecule has 0 bridgehead atoms. The van der Waals surface area contributed by atoms with Crippen molar-refractivity contribution in [1.82, 2.24) is 5.32 Å². The summed E-state index contributed by atoms with van der Waals surface area (Å²) < 4.78 is 5.06. The molecule has 0 aromatic heterocycles. The standard InChI is InChI=1S/C18H27N3O4/c1-17(2,3)15(23)21-13-9-7-8-12(10-13)20-14(22)11-19-16(24)25-18(4,5)6/h7-10H,11H2,1-6H3,(H,19,24)(H,20,22)(H,21,23). The molecule has 0 radical (unpaired) electrons. The molecule has 0 saturated carbocycles. The maximum absolute atomic E-state index is 12.0. The summed E-state index contributed by atoms with van der Waals surface area (Å²) in [4.78, 5) is 35.4. The minimum absolute atomic E-state index is 0.123. The third kappa shape index (κ3) is 8.19. The summed E-state index contributed by atoms with van der Waals surface area (Å²) in [6.07, 6.45) is -0.658. The van der Waals surface area contributed by atoms with E-state index in [4.69, 9.17) is 4.74 Å². The molecule has 1 rings (SSSR count). The summed E-state index contributed by atoms with van der Waals surface area (Å²) in [5, 5.41) is 7.83. The highest BCUT2D eigenvalue weighted by molar-refractivity contribution is 5.97. The summed E-state index contributed by atoms with van der Waals surface area (Å²) in [7, 11) is 0. The molecule has 7 heteroatoms. The van der Waals surface area contributed by atoms with Gasteiger partial charge in [-0.15, -0.1) is 0 Å². The molecule has 0 heterocycles. The Morgan fingerprint density at radius 2 is 1.52 bits per heavy atom. The Morgan fingerprint density at radius 3 is 2.04 bits per heavy atom. The van der Waals surface area contributed by atoms with E-state index in [1.807, 2.05) is 20.8 Å². The molecular formula is C18H27N3O4. The zero-order valence-corrected chi connectivity index (χ0v) is 15.6. The van der Waals surface area contributed by atoms with E-state index in [1.54, 1.807) is 45.0 Å². The number of carbonyl (C=O) groups excluding carboxylic acids is 3. The van der Waals surface area contributed by atoms with Gasteiger partial charge < -0.3 is 20.7 Å². The first-order valence-corrected chi connectivity index (χ1v) is 8.05. The number of hydrogen-bond acceptors (Lipinski definition) is 4. The van der Waals surface area contributed by atoms with Crippen LogP contribution < -0.4 is 16.0 Å². The first kappa shape index (κ1) is 20.5. The van der Waals surface area contributed by atoms with Crippen LogP contribution in [0.25, 0.3) is 0 Å². The van der Waals surface area contributed by atoms with Crippen molar-refractivity contribution in [3.05, 3.63) is 24.3 Å². The maximum Gasteiger partial charge on any atom is 0.408 e. The van der Waals surface area contributed by atoms with Gasteiger partial charge in [-0.2, -0.15) is 0 Å². The van der Waals surface area contributed by atoms with Crippen molar-refractivity contribution < 1.29 is 19.1 Å². The molecule has 0 saturated heterocycles. The Bertz CT molecular complexity index is 642. The number of benzene rings is 1. The van der Waals surface area contributed by atoms with Crippen LogP contribution in [0.4, 0.5) is 16.2 Å². The molecule has 0 fully saturated rings. The minimum atomic E-state index is -0.658. The van der Waals surface area contributed by atoms with Gasteiger partial charge in [0.05, 0.1) is 0 Å². The number of amides is 3. The van der Waals surface area contributed by atoms with Crippen LogP contribution in [0.2, 0.25) is 0 Å². The van der Waals surface area contributed by atoms with Crippen molar-refractivity contribution in [3.8, 4) is 0 Å². The van der Waals surface area contributed by atoms with E-state index in [-0.39, 0.29) is 12.5 Å². The van der Waals surface area contributed by atoms with Crippen LogP contribution in [-0.2, 0) is 14.3 Å². The van der Waals surface area contributed by atoms with Gasteiger partial charge in [-0.1, -0.05) is 26.8 Å². The van der Waals surface area contributed by atoms with Crippen LogP contribution in [0.1, 0.15) is 41.5 Å². The molecule has 0 aliphatic heterocycles. The topological polar surface area (TPSA) is 96.5 Å². The first-order valence-electron chi connectivity index (χ1n) is 8.05. The Morgan fingerprint density at radius 1 is 0.960 bits per heavy atom. The molecule has 1 aromatic rings. The van der Waals surface area contributed by atoms with E-state index in [1.165, 1.54) is 0 Å². The van der Waals surface area contributed by atoms with E-state index in [0.29, 0.717) is 11.4 Å². The lowest BCUT2D eigenvalue weighted by Crippen LogP contribution is -2.37. The molecule has 1 aromatic carbocycles. The van der Waals surface area contributed by atoms with E-state index < -0.39 is 23.0 Å². The lowest BCUT2D eigenvalue weighted by atomic mass is 9.95. The maximum atomic E-state index is 12.0. The number of ether oxygens (including phenoxy) is 1. The normalized spacial score (nSPS) is 11.4. The molecule has 0 unspecified atom stereocenters. The Labute approximate surface area is 148 Å². The molecule has 25 heavy (non-hydrogen) atoms. The third-order valence-electron chi connectivity index (χ3n) is 2.88. The van der Waals surface area contributed by atoms with E-state index >= 15 is 0 Å². The van der Waals surface area contributed by atoms with Crippen LogP contribution in [0.5, 0.6) is 0 Å². The van der Waals surface area contributed by atoms with Crippen molar-refractivity contribution in [2.75, 3.05) is 17.2 Å². The van der Waals surface area contributed by atoms with Gasteiger partial charge in [-0.25, -0.2) is 4.79 Å². The number of anilines is 2. The van der Waals surface area contributed by atoms with Gasteiger partial charge >= 0.3 is 6.09 Å². The lowest BCUT2D eigenvalue weighted by Gasteiger charge is -2.19. The SMILES string of the molecule is CC(C)(C)OC(=O)NCC(=O)Nc1cccc(NC(=O)C(C)(C)C)c1. The summed E-state index contributed by atoms with van der Waals surface area (Å²) in [5.41, 5.74) is -0.0444. The fourth-order valence-electron chi connectivity index (χ4n) is 1.67. The van der Waals surface area contributed by atoms with Crippen molar-refractivity contribution >= 4 is 29.3 Å². The Hall–Kier alpha value is -2.57. The van der Waals surface area contributed by atoms with Gasteiger partial charge in [0, 0.05) is 16.8 Å². The van der Waals surface area contributed by atoms with Crippen molar-refractivity contribution in [2.45, 2.75) is 47.1 Å². The number of carbonyl (C=O) groups is 3. The Balaban J connectivity index is 2.57. The summed E-state index contributed by atoms with van der Waals surface area (Å²) in [6.45, 7) is 10.5. The van der Waals surface area contributed by atoms with Crippen molar-refractivity contribution in [2.24, 2.45) is 5.41 Å². The summed E-state index contributed by atoms with van der Waals surface area (Å²) in [5.74, 6) is -0.521. The fraction of sp³-hybridized carbons (Fsp3) is 0.500. The Kier molecular flexibility index (Phi) is 6.55. The van der Waals surface area contributed by atoms with Gasteiger partial charge in [-0.05, 0) is 39.0 Å². The zero-order valence-electron chi connectivity index (χ0n) is 15.6. The van der Waals surface area contributed by atoms with Crippen LogP contribution in [0.3, 0.4) is 0 Å².